The first kappa shape index (κ1) is 22.2. The lowest BCUT2D eigenvalue weighted by atomic mass is 10.1. The van der Waals surface area contributed by atoms with E-state index in [1.54, 1.807) is 13.3 Å². The Morgan fingerprint density at radius 2 is 2.28 bits per heavy atom. The second-order valence-corrected chi connectivity index (χ2v) is 6.95. The first-order chi connectivity index (χ1) is 11.4. The summed E-state index contributed by atoms with van der Waals surface area (Å²) in [5, 5.41) is 7.49. The van der Waals surface area contributed by atoms with E-state index < -0.39 is 0 Å². The van der Waals surface area contributed by atoms with Crippen LogP contribution in [0.15, 0.2) is 23.3 Å². The summed E-state index contributed by atoms with van der Waals surface area (Å²) in [6, 6.07) is 4.04. The molecule has 2 heterocycles. The van der Waals surface area contributed by atoms with Gasteiger partial charge in [0.25, 0.3) is 0 Å². The number of rotatable bonds is 6. The van der Waals surface area contributed by atoms with E-state index in [0.29, 0.717) is 17.6 Å². The SMILES string of the molecule is CCNC(=NCC(C)(C)OC)NC1CCN(c2ncccc2Cl)C1.I. The summed E-state index contributed by atoms with van der Waals surface area (Å²) in [7, 11) is 1.71. The summed E-state index contributed by atoms with van der Waals surface area (Å²) in [6.07, 6.45) is 2.80. The van der Waals surface area contributed by atoms with E-state index in [-0.39, 0.29) is 29.6 Å². The van der Waals surface area contributed by atoms with Gasteiger partial charge in [-0.1, -0.05) is 11.6 Å². The van der Waals surface area contributed by atoms with Gasteiger partial charge in [0.2, 0.25) is 0 Å². The predicted molar refractivity (Wildman–Crippen MR) is 115 cm³/mol. The van der Waals surface area contributed by atoms with Crippen molar-refractivity contribution < 1.29 is 4.74 Å². The zero-order valence-electron chi connectivity index (χ0n) is 15.4. The summed E-state index contributed by atoms with van der Waals surface area (Å²) in [5.74, 6) is 1.67. The molecule has 0 aromatic carbocycles. The van der Waals surface area contributed by atoms with Gasteiger partial charge in [0.05, 0.1) is 17.2 Å². The highest BCUT2D eigenvalue weighted by atomic mass is 127. The van der Waals surface area contributed by atoms with Gasteiger partial charge < -0.3 is 20.3 Å². The zero-order valence-corrected chi connectivity index (χ0v) is 18.5. The third-order valence-corrected chi connectivity index (χ3v) is 4.38. The monoisotopic (exact) mass is 481 g/mol. The molecule has 8 heteroatoms. The van der Waals surface area contributed by atoms with Crippen molar-refractivity contribution in [2.45, 2.75) is 38.8 Å². The summed E-state index contributed by atoms with van der Waals surface area (Å²) in [4.78, 5) is 11.2. The molecule has 1 saturated heterocycles. The molecule has 142 valence electrons. The molecule has 0 saturated carbocycles. The van der Waals surface area contributed by atoms with Crippen LogP contribution in [0, 0.1) is 0 Å². The molecule has 1 aliphatic heterocycles. The Balaban J connectivity index is 0.00000312. The Hall–Kier alpha value is -0.800. The van der Waals surface area contributed by atoms with E-state index in [4.69, 9.17) is 16.3 Å². The molecule has 0 spiro atoms. The lowest BCUT2D eigenvalue weighted by molar-refractivity contribution is 0.0310. The van der Waals surface area contributed by atoms with Crippen molar-refractivity contribution in [2.75, 3.05) is 38.2 Å². The van der Waals surface area contributed by atoms with E-state index in [2.05, 4.69) is 32.4 Å². The number of halogens is 2. The quantitative estimate of drug-likeness (QED) is 0.372. The lowest BCUT2D eigenvalue weighted by Crippen LogP contribution is -2.45. The number of nitrogens with one attached hydrogen (secondary N) is 2. The topological polar surface area (TPSA) is 61.8 Å². The van der Waals surface area contributed by atoms with Crippen LogP contribution in [0.5, 0.6) is 0 Å². The predicted octanol–water partition coefficient (Wildman–Crippen LogP) is 2.91. The minimum absolute atomic E-state index is 0. The largest absolute Gasteiger partial charge is 0.377 e. The van der Waals surface area contributed by atoms with Gasteiger partial charge in [-0.05, 0) is 39.3 Å². The molecule has 2 N–H and O–H groups in total. The highest BCUT2D eigenvalue weighted by molar-refractivity contribution is 14.0. The average molecular weight is 482 g/mol. The van der Waals surface area contributed by atoms with Gasteiger partial charge in [0.15, 0.2) is 5.96 Å². The number of nitrogens with zero attached hydrogens (tertiary/aromatic N) is 3. The van der Waals surface area contributed by atoms with Crippen LogP contribution in [0.4, 0.5) is 5.82 Å². The fourth-order valence-electron chi connectivity index (χ4n) is 2.53. The lowest BCUT2D eigenvalue weighted by Gasteiger charge is -2.23. The zero-order chi connectivity index (χ0) is 17.6. The molecule has 1 aromatic rings. The van der Waals surface area contributed by atoms with Crippen molar-refractivity contribution in [2.24, 2.45) is 4.99 Å². The molecule has 6 nitrogen and oxygen atoms in total. The molecule has 1 aromatic heterocycles. The molecule has 2 rings (SSSR count). The summed E-state index contributed by atoms with van der Waals surface area (Å²) >= 11 is 6.25. The van der Waals surface area contributed by atoms with Gasteiger partial charge in [-0.3, -0.25) is 4.99 Å². The van der Waals surface area contributed by atoms with Crippen molar-refractivity contribution in [3.8, 4) is 0 Å². The number of aliphatic imine (C=N–C) groups is 1. The Kier molecular flexibility index (Phi) is 9.23. The van der Waals surface area contributed by atoms with Crippen LogP contribution < -0.4 is 15.5 Å². The molecule has 1 unspecified atom stereocenters. The van der Waals surface area contributed by atoms with Gasteiger partial charge in [-0.2, -0.15) is 0 Å². The van der Waals surface area contributed by atoms with Gasteiger partial charge >= 0.3 is 0 Å². The standard InChI is InChI=1S/C17H28ClN5O.HI/c1-5-19-16(21-12-17(2,3)24-4)22-13-8-10-23(11-13)15-14(18)7-6-9-20-15;/h6-7,9,13H,5,8,10-12H2,1-4H3,(H2,19,21,22);1H. The maximum atomic E-state index is 6.25. The Morgan fingerprint density at radius 3 is 2.92 bits per heavy atom. The van der Waals surface area contributed by atoms with E-state index in [1.807, 2.05) is 26.0 Å². The van der Waals surface area contributed by atoms with E-state index >= 15 is 0 Å². The second-order valence-electron chi connectivity index (χ2n) is 6.54. The van der Waals surface area contributed by atoms with E-state index in [0.717, 1.165) is 37.8 Å². The molecule has 0 radical (unpaired) electrons. The Bertz CT molecular complexity index is 570. The molecule has 0 bridgehead atoms. The van der Waals surface area contributed by atoms with E-state index in [1.165, 1.54) is 0 Å². The highest BCUT2D eigenvalue weighted by Gasteiger charge is 2.25. The summed E-state index contributed by atoms with van der Waals surface area (Å²) in [5.41, 5.74) is -0.272. The van der Waals surface area contributed by atoms with Crippen molar-refractivity contribution in [1.29, 1.82) is 0 Å². The van der Waals surface area contributed by atoms with Crippen molar-refractivity contribution >= 4 is 47.4 Å². The van der Waals surface area contributed by atoms with Crippen molar-refractivity contribution in [1.82, 2.24) is 15.6 Å². The number of anilines is 1. The number of methoxy groups -OCH3 is 1. The number of ether oxygens (including phenoxy) is 1. The van der Waals surface area contributed by atoms with Gasteiger partial charge in [0.1, 0.15) is 5.82 Å². The molecular formula is C17H29ClIN5O. The minimum Gasteiger partial charge on any atom is -0.377 e. The molecule has 0 aliphatic carbocycles. The van der Waals surface area contributed by atoms with Crippen LogP contribution in [0.3, 0.4) is 0 Å². The third kappa shape index (κ3) is 6.79. The number of aromatic nitrogens is 1. The maximum Gasteiger partial charge on any atom is 0.191 e. The normalized spacial score (nSPS) is 18.0. The number of guanidine groups is 1. The fraction of sp³-hybridized carbons (Fsp3) is 0.647. The second kappa shape index (κ2) is 10.4. The van der Waals surface area contributed by atoms with Crippen molar-refractivity contribution in [3.63, 3.8) is 0 Å². The first-order valence-corrected chi connectivity index (χ1v) is 8.78. The number of pyridine rings is 1. The Labute approximate surface area is 172 Å². The van der Waals surface area contributed by atoms with Crippen LogP contribution in [-0.2, 0) is 4.74 Å². The maximum absolute atomic E-state index is 6.25. The molecule has 1 aliphatic rings. The first-order valence-electron chi connectivity index (χ1n) is 8.40. The molecular weight excluding hydrogens is 453 g/mol. The van der Waals surface area contributed by atoms with Gasteiger partial charge in [-0.25, -0.2) is 4.98 Å². The third-order valence-electron chi connectivity index (χ3n) is 4.08. The smallest absolute Gasteiger partial charge is 0.191 e. The van der Waals surface area contributed by atoms with Crippen LogP contribution in [0.1, 0.15) is 27.2 Å². The van der Waals surface area contributed by atoms with Crippen LogP contribution in [0.25, 0.3) is 0 Å². The minimum atomic E-state index is -0.272. The fourth-order valence-corrected chi connectivity index (χ4v) is 2.77. The summed E-state index contributed by atoms with van der Waals surface area (Å²) < 4.78 is 5.43. The Morgan fingerprint density at radius 1 is 1.52 bits per heavy atom. The molecule has 1 atom stereocenters. The van der Waals surface area contributed by atoms with Crippen molar-refractivity contribution in [3.05, 3.63) is 23.4 Å². The molecule has 0 amide bonds. The van der Waals surface area contributed by atoms with Crippen LogP contribution in [-0.4, -0.2) is 55.9 Å². The molecule has 25 heavy (non-hydrogen) atoms. The van der Waals surface area contributed by atoms with Crippen LogP contribution >= 0.6 is 35.6 Å². The number of hydrogen-bond donors (Lipinski definition) is 2. The average Bonchev–Trinajstić information content (AvgIpc) is 3.02. The highest BCUT2D eigenvalue weighted by Crippen LogP contribution is 2.25. The summed E-state index contributed by atoms with van der Waals surface area (Å²) in [6.45, 7) is 9.32. The van der Waals surface area contributed by atoms with E-state index in [9.17, 15) is 0 Å². The molecule has 1 fully saturated rings. The number of hydrogen-bond acceptors (Lipinski definition) is 4. The van der Waals surface area contributed by atoms with Gasteiger partial charge in [0, 0.05) is 39.0 Å². The van der Waals surface area contributed by atoms with Gasteiger partial charge in [-0.15, -0.1) is 24.0 Å². The van der Waals surface area contributed by atoms with Crippen LogP contribution in [0.2, 0.25) is 5.02 Å².